The average Bonchev–Trinajstić information content (AvgIpc) is 2.84. The van der Waals surface area contributed by atoms with Crippen LogP contribution in [0.4, 0.5) is 5.82 Å². The number of rotatable bonds is 5. The highest BCUT2D eigenvalue weighted by atomic mass is 16.5. The number of aromatic nitrogens is 5. The highest BCUT2D eigenvalue weighted by molar-refractivity contribution is 5.83. The van der Waals surface area contributed by atoms with E-state index in [0.717, 1.165) is 11.3 Å². The lowest BCUT2D eigenvalue weighted by Crippen LogP contribution is -2.08. The first kappa shape index (κ1) is 15.0. The Morgan fingerprint density at radius 3 is 2.78 bits per heavy atom. The van der Waals surface area contributed by atoms with E-state index in [4.69, 9.17) is 15.6 Å². The Morgan fingerprint density at radius 2 is 2.09 bits per heavy atom. The predicted octanol–water partition coefficient (Wildman–Crippen LogP) is 0.237. The second-order valence-corrected chi connectivity index (χ2v) is 4.94. The zero-order valence-electron chi connectivity index (χ0n) is 12.5. The highest BCUT2D eigenvalue weighted by Gasteiger charge is 2.17. The van der Waals surface area contributed by atoms with E-state index < -0.39 is 0 Å². The van der Waals surface area contributed by atoms with Gasteiger partial charge in [-0.05, 0) is 18.6 Å². The quantitative estimate of drug-likeness (QED) is 0.609. The summed E-state index contributed by atoms with van der Waals surface area (Å²) in [6, 6.07) is 3.58. The van der Waals surface area contributed by atoms with Crippen molar-refractivity contribution in [2.45, 2.75) is 13.5 Å². The topological polar surface area (TPSA) is 132 Å². The standard InChI is InChI=1S/C14H16N6O3/c1-8-2-3-9(6-16-8)7-20-12-10(17-14(20)22)11(15)18-13(19-12)23-5-4-21/h2-3,6,21H,4-5,7H2,1H3,(H,17,22)(H2,15,18,19). The van der Waals surface area contributed by atoms with Crippen molar-refractivity contribution in [1.82, 2.24) is 24.5 Å². The number of imidazole rings is 1. The van der Waals surface area contributed by atoms with Crippen LogP contribution in [0.3, 0.4) is 0 Å². The number of aliphatic hydroxyl groups is 1. The summed E-state index contributed by atoms with van der Waals surface area (Å²) >= 11 is 0. The van der Waals surface area contributed by atoms with Crippen molar-refractivity contribution in [3.8, 4) is 12.0 Å². The molecule has 0 saturated carbocycles. The predicted molar refractivity (Wildman–Crippen MR) is 82.1 cm³/mol. The number of nitrogens with zero attached hydrogens (tertiary/aromatic N) is 5. The molecule has 0 amide bonds. The summed E-state index contributed by atoms with van der Waals surface area (Å²) in [5.74, 6) is 0.0963. The van der Waals surface area contributed by atoms with Gasteiger partial charge < -0.3 is 20.7 Å². The highest BCUT2D eigenvalue weighted by Crippen LogP contribution is 2.25. The van der Waals surface area contributed by atoms with E-state index in [2.05, 4.69) is 19.9 Å². The molecule has 0 radical (unpaired) electrons. The number of aliphatic hydroxyl groups excluding tert-OH is 1. The zero-order valence-corrected chi connectivity index (χ0v) is 12.5. The molecule has 0 aliphatic heterocycles. The number of hydrogen-bond donors (Lipinski definition) is 3. The lowest BCUT2D eigenvalue weighted by atomic mass is 10.2. The van der Waals surface area contributed by atoms with E-state index in [9.17, 15) is 5.11 Å². The van der Waals surface area contributed by atoms with Gasteiger partial charge in [0.1, 0.15) is 6.61 Å². The van der Waals surface area contributed by atoms with Gasteiger partial charge in [-0.15, -0.1) is 0 Å². The summed E-state index contributed by atoms with van der Waals surface area (Å²) in [4.78, 5) is 16.4. The summed E-state index contributed by atoms with van der Waals surface area (Å²) in [5.41, 5.74) is 8.25. The molecule has 3 aromatic rings. The van der Waals surface area contributed by atoms with Gasteiger partial charge in [-0.25, -0.2) is 0 Å². The van der Waals surface area contributed by atoms with E-state index >= 15 is 0 Å². The third-order valence-electron chi connectivity index (χ3n) is 3.22. The van der Waals surface area contributed by atoms with Crippen molar-refractivity contribution in [3.05, 3.63) is 29.6 Å². The van der Waals surface area contributed by atoms with E-state index in [1.807, 2.05) is 19.1 Å². The maximum atomic E-state index is 10.1. The van der Waals surface area contributed by atoms with Gasteiger partial charge in [-0.3, -0.25) is 9.55 Å². The van der Waals surface area contributed by atoms with Crippen LogP contribution in [0.2, 0.25) is 0 Å². The molecule has 23 heavy (non-hydrogen) atoms. The maximum Gasteiger partial charge on any atom is 0.320 e. The molecule has 0 atom stereocenters. The number of aryl methyl sites for hydroxylation is 1. The first-order valence-corrected chi connectivity index (χ1v) is 6.96. The summed E-state index contributed by atoms with van der Waals surface area (Å²) in [6.45, 7) is 2.10. The van der Waals surface area contributed by atoms with Crippen LogP contribution in [0.5, 0.6) is 12.0 Å². The molecule has 0 bridgehead atoms. The number of nitrogen functional groups attached to an aromatic ring is 1. The summed E-state index contributed by atoms with van der Waals surface area (Å²) in [5, 5.41) is 18.9. The van der Waals surface area contributed by atoms with E-state index in [1.165, 1.54) is 4.57 Å². The number of fused-ring (bicyclic) bond motifs is 1. The van der Waals surface area contributed by atoms with Gasteiger partial charge in [0.05, 0.1) is 13.2 Å². The van der Waals surface area contributed by atoms with E-state index in [1.54, 1.807) is 6.20 Å². The first-order valence-electron chi connectivity index (χ1n) is 6.96. The number of anilines is 1. The van der Waals surface area contributed by atoms with Gasteiger partial charge in [0.25, 0.3) is 6.01 Å². The molecule has 0 fully saturated rings. The van der Waals surface area contributed by atoms with Crippen molar-refractivity contribution in [1.29, 1.82) is 0 Å². The first-order chi connectivity index (χ1) is 11.1. The maximum absolute atomic E-state index is 10.1. The Balaban J connectivity index is 2.02. The molecule has 0 aliphatic rings. The lowest BCUT2D eigenvalue weighted by Gasteiger charge is -2.07. The number of pyridine rings is 1. The van der Waals surface area contributed by atoms with Gasteiger partial charge in [0.2, 0.25) is 0 Å². The second kappa shape index (κ2) is 6.05. The molecule has 9 nitrogen and oxygen atoms in total. The monoisotopic (exact) mass is 316 g/mol. The van der Waals surface area contributed by atoms with Gasteiger partial charge in [-0.2, -0.15) is 15.0 Å². The van der Waals surface area contributed by atoms with Gasteiger partial charge in [0.15, 0.2) is 17.0 Å². The summed E-state index contributed by atoms with van der Waals surface area (Å²) in [7, 11) is 0. The normalized spacial score (nSPS) is 11.0. The van der Waals surface area contributed by atoms with Crippen molar-refractivity contribution < 1.29 is 14.9 Å². The molecular weight excluding hydrogens is 300 g/mol. The molecule has 120 valence electrons. The molecule has 0 aliphatic carbocycles. The molecule has 3 aromatic heterocycles. The number of nitrogens with two attached hydrogens (primary N) is 1. The Bertz CT molecular complexity index is 831. The minimum atomic E-state index is -0.221. The molecule has 0 unspecified atom stereocenters. The van der Waals surface area contributed by atoms with Crippen molar-refractivity contribution in [2.24, 2.45) is 0 Å². The SMILES string of the molecule is Cc1ccc(Cn2c(O)nc3c(N)nc(OCCO)nc32)cn1. The fourth-order valence-corrected chi connectivity index (χ4v) is 2.11. The van der Waals surface area contributed by atoms with Gasteiger partial charge in [-0.1, -0.05) is 6.07 Å². The van der Waals surface area contributed by atoms with Crippen LogP contribution in [0.1, 0.15) is 11.3 Å². The number of ether oxygens (including phenoxy) is 1. The Labute approximate surface area is 131 Å². The fraction of sp³-hybridized carbons (Fsp3) is 0.286. The summed E-state index contributed by atoms with van der Waals surface area (Å²) < 4.78 is 6.68. The van der Waals surface area contributed by atoms with E-state index in [0.29, 0.717) is 17.7 Å². The van der Waals surface area contributed by atoms with E-state index in [-0.39, 0.29) is 31.1 Å². The van der Waals surface area contributed by atoms with Crippen LogP contribution < -0.4 is 10.5 Å². The van der Waals surface area contributed by atoms with Crippen molar-refractivity contribution >= 4 is 17.0 Å². The lowest BCUT2D eigenvalue weighted by molar-refractivity contribution is 0.192. The number of aromatic hydroxyl groups is 1. The largest absolute Gasteiger partial charge is 0.480 e. The Morgan fingerprint density at radius 1 is 1.26 bits per heavy atom. The van der Waals surface area contributed by atoms with Gasteiger partial charge in [0, 0.05) is 11.9 Å². The van der Waals surface area contributed by atoms with Gasteiger partial charge >= 0.3 is 6.01 Å². The van der Waals surface area contributed by atoms with Crippen molar-refractivity contribution in [3.63, 3.8) is 0 Å². The number of hydrogen-bond acceptors (Lipinski definition) is 8. The molecule has 0 spiro atoms. The van der Waals surface area contributed by atoms with Crippen LogP contribution in [0.15, 0.2) is 18.3 Å². The Hall–Kier alpha value is -2.94. The van der Waals surface area contributed by atoms with Crippen LogP contribution in [-0.4, -0.2) is 47.9 Å². The third-order valence-corrected chi connectivity index (χ3v) is 3.22. The third kappa shape index (κ3) is 2.99. The minimum Gasteiger partial charge on any atom is -0.480 e. The minimum absolute atomic E-state index is 0.0206. The molecule has 0 aromatic carbocycles. The molecule has 3 rings (SSSR count). The van der Waals surface area contributed by atoms with Crippen LogP contribution in [0, 0.1) is 6.92 Å². The zero-order chi connectivity index (χ0) is 16.4. The Kier molecular flexibility index (Phi) is 3.94. The molecule has 0 saturated heterocycles. The molecule has 3 heterocycles. The van der Waals surface area contributed by atoms with Crippen LogP contribution in [0.25, 0.3) is 11.2 Å². The van der Waals surface area contributed by atoms with Crippen molar-refractivity contribution in [2.75, 3.05) is 18.9 Å². The molecular formula is C14H16N6O3. The smallest absolute Gasteiger partial charge is 0.320 e. The summed E-state index contributed by atoms with van der Waals surface area (Å²) in [6.07, 6.45) is 1.72. The molecule has 4 N–H and O–H groups in total. The fourth-order valence-electron chi connectivity index (χ4n) is 2.11. The van der Waals surface area contributed by atoms with Crippen LogP contribution in [-0.2, 0) is 6.54 Å². The molecule has 9 heteroatoms. The average molecular weight is 316 g/mol. The second-order valence-electron chi connectivity index (χ2n) is 4.94. The van der Waals surface area contributed by atoms with Crippen LogP contribution >= 0.6 is 0 Å².